The zero-order valence-electron chi connectivity index (χ0n) is 28.0. The number of fused-ring (bicyclic) bond motifs is 5. The molecule has 3 saturated carbocycles. The zero-order valence-corrected chi connectivity index (χ0v) is 28.0. The van der Waals surface area contributed by atoms with Crippen LogP contribution in [0.5, 0.6) is 11.5 Å². The summed E-state index contributed by atoms with van der Waals surface area (Å²) in [6.07, 6.45) is 19.7. The molecule has 0 saturated heterocycles. The van der Waals surface area contributed by atoms with Gasteiger partial charge in [0.2, 0.25) is 0 Å². The molecule has 0 spiro atoms. The van der Waals surface area contributed by atoms with E-state index in [0.29, 0.717) is 28.4 Å². The molecule has 4 nitrogen and oxygen atoms in total. The molecule has 43 heavy (non-hydrogen) atoms. The van der Waals surface area contributed by atoms with Crippen molar-refractivity contribution in [3.63, 3.8) is 0 Å². The Morgan fingerprint density at radius 1 is 1.05 bits per heavy atom. The van der Waals surface area contributed by atoms with Crippen LogP contribution in [-0.4, -0.2) is 24.3 Å². The molecule has 1 aromatic rings. The number of esters is 1. The summed E-state index contributed by atoms with van der Waals surface area (Å²) < 4.78 is 11.2. The molecule has 5 rings (SSSR count). The molecule has 0 bridgehead atoms. The van der Waals surface area contributed by atoms with Crippen LogP contribution < -0.4 is 4.74 Å². The van der Waals surface area contributed by atoms with E-state index in [1.807, 2.05) is 5.57 Å². The Labute approximate surface area is 261 Å². The number of phenolic OH excluding ortho intramolecular Hbond substituents is 1. The van der Waals surface area contributed by atoms with Crippen LogP contribution in [0.1, 0.15) is 118 Å². The van der Waals surface area contributed by atoms with Crippen LogP contribution in [0.3, 0.4) is 0 Å². The maximum atomic E-state index is 12.8. The normalized spacial score (nSPS) is 35.1. The summed E-state index contributed by atoms with van der Waals surface area (Å²) in [7, 11) is 1.52. The Morgan fingerprint density at radius 3 is 2.51 bits per heavy atom. The summed E-state index contributed by atoms with van der Waals surface area (Å²) in [5.41, 5.74) is 3.40. The molecule has 3 fully saturated rings. The van der Waals surface area contributed by atoms with Gasteiger partial charge in [0.1, 0.15) is 6.10 Å². The average Bonchev–Trinajstić information content (AvgIpc) is 3.34. The van der Waals surface area contributed by atoms with Crippen LogP contribution in [0, 0.1) is 52.3 Å². The summed E-state index contributed by atoms with van der Waals surface area (Å²) in [6.45, 7) is 15.0. The van der Waals surface area contributed by atoms with Gasteiger partial charge in [-0.15, -0.1) is 0 Å². The maximum absolute atomic E-state index is 12.8. The molecule has 0 amide bonds. The van der Waals surface area contributed by atoms with E-state index in [0.717, 1.165) is 60.8 Å². The number of methoxy groups -OCH3 is 1. The van der Waals surface area contributed by atoms with E-state index in [1.165, 1.54) is 58.1 Å². The highest BCUT2D eigenvalue weighted by Gasteiger charge is 2.58. The monoisotopic (exact) mass is 590 g/mol. The summed E-state index contributed by atoms with van der Waals surface area (Å²) in [5, 5.41) is 9.82. The van der Waals surface area contributed by atoms with Gasteiger partial charge in [0, 0.05) is 6.08 Å². The Morgan fingerprint density at radius 2 is 1.79 bits per heavy atom. The molecule has 0 heterocycles. The average molecular weight is 591 g/mol. The van der Waals surface area contributed by atoms with Crippen LogP contribution in [0.2, 0.25) is 0 Å². The number of carbonyl (C=O) groups is 1. The van der Waals surface area contributed by atoms with Crippen molar-refractivity contribution in [3.8, 4) is 11.5 Å². The predicted octanol–water partition coefficient (Wildman–Crippen LogP) is 10.0. The lowest BCUT2D eigenvalue weighted by molar-refractivity contribution is -0.148. The predicted molar refractivity (Wildman–Crippen MR) is 176 cm³/mol. The lowest BCUT2D eigenvalue weighted by Gasteiger charge is -2.58. The van der Waals surface area contributed by atoms with Crippen LogP contribution in [-0.2, 0) is 9.53 Å². The molecule has 1 N–H and O–H groups in total. The smallest absolute Gasteiger partial charge is 0.331 e. The maximum Gasteiger partial charge on any atom is 0.331 e. The number of aromatic hydroxyl groups is 1. The van der Waals surface area contributed by atoms with Crippen molar-refractivity contribution in [1.82, 2.24) is 0 Å². The van der Waals surface area contributed by atoms with Crippen molar-refractivity contribution in [1.29, 1.82) is 0 Å². The lowest BCUT2D eigenvalue weighted by Crippen LogP contribution is -2.50. The molecular weight excluding hydrogens is 532 g/mol. The van der Waals surface area contributed by atoms with E-state index in [1.54, 1.807) is 24.3 Å². The second kappa shape index (κ2) is 13.0. The first-order valence-electron chi connectivity index (χ1n) is 17.5. The topological polar surface area (TPSA) is 55.8 Å². The van der Waals surface area contributed by atoms with Crippen molar-refractivity contribution in [3.05, 3.63) is 41.5 Å². The van der Waals surface area contributed by atoms with E-state index in [4.69, 9.17) is 9.47 Å². The van der Waals surface area contributed by atoms with Crippen molar-refractivity contribution < 1.29 is 19.4 Å². The van der Waals surface area contributed by atoms with Gasteiger partial charge in [-0.25, -0.2) is 4.79 Å². The first-order chi connectivity index (χ1) is 20.5. The van der Waals surface area contributed by atoms with Crippen molar-refractivity contribution in [2.75, 3.05) is 7.11 Å². The number of hydrogen-bond acceptors (Lipinski definition) is 4. The van der Waals surface area contributed by atoms with Gasteiger partial charge in [-0.1, -0.05) is 72.1 Å². The number of hydrogen-bond donors (Lipinski definition) is 1. The molecule has 1 unspecified atom stereocenters. The van der Waals surface area contributed by atoms with Gasteiger partial charge < -0.3 is 14.6 Å². The SMILES string of the molecule is CC[C@H](CC[C@@H](C)[C@H]1CCC2C3=CC[C@H]4C[C@@H](OC(=O)/C=C/c5ccc(O)c(OC)c5)CC[C@]4(C)[C@H]3CC[C@@]21C)C(C)C. The quantitative estimate of drug-likeness (QED) is 0.167. The van der Waals surface area contributed by atoms with Gasteiger partial charge in [-0.2, -0.15) is 0 Å². The number of phenols is 1. The first kappa shape index (κ1) is 32.2. The molecule has 4 aliphatic rings. The van der Waals surface area contributed by atoms with E-state index >= 15 is 0 Å². The van der Waals surface area contributed by atoms with Gasteiger partial charge >= 0.3 is 5.97 Å². The van der Waals surface area contributed by atoms with E-state index in [-0.39, 0.29) is 17.8 Å². The Kier molecular flexibility index (Phi) is 9.74. The van der Waals surface area contributed by atoms with Crippen molar-refractivity contribution in [2.24, 2.45) is 52.3 Å². The third kappa shape index (κ3) is 6.32. The van der Waals surface area contributed by atoms with Gasteiger partial charge in [0.15, 0.2) is 11.5 Å². The standard InChI is InChI=1S/C39H58O4/c1-8-28(25(2)3)12-9-26(4)32-15-16-33-31-14-13-29-24-30(19-21-38(29,5)34(31)20-22-39(32,33)6)43-37(41)18-11-27-10-17-35(40)36(23-27)42-7/h10-11,14,17-18,23,25-26,28-30,32-34,40H,8-9,12-13,15-16,19-22,24H2,1-7H3/b18-11+/t26-,28-,29+,30+,32-,33?,34+,38+,39-/m1/s1. The molecule has 0 aromatic heterocycles. The van der Waals surface area contributed by atoms with Crippen molar-refractivity contribution >= 4 is 12.0 Å². The summed E-state index contributed by atoms with van der Waals surface area (Å²) in [4.78, 5) is 12.8. The highest BCUT2D eigenvalue weighted by molar-refractivity contribution is 5.87. The molecule has 0 aliphatic heterocycles. The fourth-order valence-electron chi connectivity index (χ4n) is 10.4. The molecule has 1 aromatic carbocycles. The number of allylic oxidation sites excluding steroid dienone is 2. The van der Waals surface area contributed by atoms with Crippen LogP contribution in [0.4, 0.5) is 0 Å². The Bertz CT molecular complexity index is 1200. The van der Waals surface area contributed by atoms with Gasteiger partial charge in [0.25, 0.3) is 0 Å². The number of rotatable bonds is 10. The Hall–Kier alpha value is -2.23. The minimum absolute atomic E-state index is 0.0112. The Balaban J connectivity index is 1.20. The van der Waals surface area contributed by atoms with E-state index in [9.17, 15) is 9.90 Å². The second-order valence-electron chi connectivity index (χ2n) is 15.5. The van der Waals surface area contributed by atoms with E-state index < -0.39 is 0 Å². The fraction of sp³-hybridized carbons (Fsp3) is 0.718. The zero-order chi connectivity index (χ0) is 30.9. The summed E-state index contributed by atoms with van der Waals surface area (Å²) in [5.74, 6) is 5.59. The van der Waals surface area contributed by atoms with Gasteiger partial charge in [-0.3, -0.25) is 0 Å². The summed E-state index contributed by atoms with van der Waals surface area (Å²) >= 11 is 0. The number of carbonyl (C=O) groups excluding carboxylic acids is 1. The van der Waals surface area contributed by atoms with Crippen LogP contribution in [0.15, 0.2) is 35.9 Å². The third-order valence-corrected chi connectivity index (χ3v) is 13.2. The third-order valence-electron chi connectivity index (χ3n) is 13.2. The molecular formula is C39H58O4. The largest absolute Gasteiger partial charge is 0.504 e. The van der Waals surface area contributed by atoms with Crippen LogP contribution in [0.25, 0.3) is 6.08 Å². The first-order valence-corrected chi connectivity index (χ1v) is 17.5. The van der Waals surface area contributed by atoms with Crippen LogP contribution >= 0.6 is 0 Å². The van der Waals surface area contributed by atoms with E-state index in [2.05, 4.69) is 47.6 Å². The molecule has 9 atom stereocenters. The highest BCUT2D eigenvalue weighted by Crippen LogP contribution is 2.67. The number of benzene rings is 1. The minimum Gasteiger partial charge on any atom is -0.504 e. The number of ether oxygens (including phenoxy) is 2. The molecule has 4 heteroatoms. The van der Waals surface area contributed by atoms with Gasteiger partial charge in [0.05, 0.1) is 7.11 Å². The van der Waals surface area contributed by atoms with Gasteiger partial charge in [-0.05, 0) is 134 Å². The molecule has 0 radical (unpaired) electrons. The second-order valence-corrected chi connectivity index (χ2v) is 15.5. The molecule has 4 aliphatic carbocycles. The fourth-order valence-corrected chi connectivity index (χ4v) is 10.4. The minimum atomic E-state index is -0.286. The summed E-state index contributed by atoms with van der Waals surface area (Å²) in [6, 6.07) is 5.05. The lowest BCUT2D eigenvalue weighted by atomic mass is 9.47. The van der Waals surface area contributed by atoms with Crippen molar-refractivity contribution in [2.45, 2.75) is 118 Å². The molecule has 238 valence electrons. The highest BCUT2D eigenvalue weighted by atomic mass is 16.5.